The largest absolute Gasteiger partial charge is 0.324 e. The van der Waals surface area contributed by atoms with Crippen molar-refractivity contribution in [3.8, 4) is 6.07 Å². The molecule has 0 saturated carbocycles. The van der Waals surface area contributed by atoms with Crippen molar-refractivity contribution in [2.24, 2.45) is 0 Å². The number of para-hydroxylation sites is 1. The maximum Gasteiger partial charge on any atom is 0.272 e. The van der Waals surface area contributed by atoms with Crippen molar-refractivity contribution >= 4 is 56.7 Å². The van der Waals surface area contributed by atoms with E-state index in [-0.39, 0.29) is 17.2 Å². The molecule has 0 radical (unpaired) electrons. The van der Waals surface area contributed by atoms with Crippen LogP contribution in [0, 0.1) is 11.3 Å². The van der Waals surface area contributed by atoms with Crippen molar-refractivity contribution in [3.63, 3.8) is 0 Å². The monoisotopic (exact) mass is 416 g/mol. The van der Waals surface area contributed by atoms with Gasteiger partial charge >= 0.3 is 0 Å². The van der Waals surface area contributed by atoms with Gasteiger partial charge in [0.1, 0.15) is 4.70 Å². The quantitative estimate of drug-likeness (QED) is 0.465. The molecule has 1 aromatic carbocycles. The number of benzene rings is 1. The molecule has 1 N–H and O–H groups in total. The molecule has 138 valence electrons. The first kappa shape index (κ1) is 19.5. The highest BCUT2D eigenvalue weighted by atomic mass is 32.2. The summed E-state index contributed by atoms with van der Waals surface area (Å²) in [7, 11) is 0. The third-order valence-electron chi connectivity index (χ3n) is 3.63. The van der Waals surface area contributed by atoms with Gasteiger partial charge < -0.3 is 5.32 Å². The van der Waals surface area contributed by atoms with Gasteiger partial charge in [-0.05, 0) is 30.5 Å². The average molecular weight is 417 g/mol. The summed E-state index contributed by atoms with van der Waals surface area (Å²) in [5, 5.41) is 14.0. The van der Waals surface area contributed by atoms with E-state index in [9.17, 15) is 9.59 Å². The zero-order valence-electron chi connectivity index (χ0n) is 14.5. The van der Waals surface area contributed by atoms with Crippen LogP contribution in [0.15, 0.2) is 50.6 Å². The lowest BCUT2D eigenvalue weighted by molar-refractivity contribution is -0.113. The molecule has 0 atom stereocenters. The molecule has 0 spiro atoms. The number of nitrogens with zero attached hydrogens (tertiary/aromatic N) is 3. The zero-order valence-corrected chi connectivity index (χ0v) is 16.9. The Balaban J connectivity index is 1.73. The maximum atomic E-state index is 12.5. The molecule has 27 heavy (non-hydrogen) atoms. The van der Waals surface area contributed by atoms with Crippen LogP contribution >= 0.6 is 34.9 Å². The van der Waals surface area contributed by atoms with Crippen LogP contribution in [0.3, 0.4) is 0 Å². The Morgan fingerprint density at radius 2 is 2.15 bits per heavy atom. The number of nitrogens with one attached hydrogen (secondary N) is 1. The zero-order chi connectivity index (χ0) is 19.2. The third kappa shape index (κ3) is 4.53. The summed E-state index contributed by atoms with van der Waals surface area (Å²) >= 11 is 3.99. The second-order valence-electron chi connectivity index (χ2n) is 5.36. The molecular weight excluding hydrogens is 400 g/mol. The highest BCUT2D eigenvalue weighted by molar-refractivity contribution is 8.00. The first-order valence-corrected chi connectivity index (χ1v) is 11.0. The van der Waals surface area contributed by atoms with Gasteiger partial charge in [0.25, 0.3) is 5.56 Å². The predicted molar refractivity (Wildman–Crippen MR) is 112 cm³/mol. The van der Waals surface area contributed by atoms with Crippen molar-refractivity contribution in [1.29, 1.82) is 5.26 Å². The Morgan fingerprint density at radius 3 is 2.93 bits per heavy atom. The van der Waals surface area contributed by atoms with Gasteiger partial charge in [-0.25, -0.2) is 4.98 Å². The van der Waals surface area contributed by atoms with Gasteiger partial charge in [0.15, 0.2) is 5.16 Å². The number of thiophene rings is 1. The normalized spacial score (nSPS) is 10.7. The van der Waals surface area contributed by atoms with Crippen LogP contribution in [0.25, 0.3) is 10.2 Å². The van der Waals surface area contributed by atoms with E-state index in [4.69, 9.17) is 5.26 Å². The minimum Gasteiger partial charge on any atom is -0.324 e. The molecule has 6 nitrogen and oxygen atoms in total. The van der Waals surface area contributed by atoms with E-state index in [1.165, 1.54) is 34.9 Å². The summed E-state index contributed by atoms with van der Waals surface area (Å²) < 4.78 is 2.22. The molecule has 9 heteroatoms. The second-order valence-corrected chi connectivity index (χ2v) is 8.23. The van der Waals surface area contributed by atoms with Crippen molar-refractivity contribution in [2.45, 2.75) is 23.5 Å². The summed E-state index contributed by atoms with van der Waals surface area (Å²) in [6.45, 7) is 2.38. The van der Waals surface area contributed by atoms with Gasteiger partial charge in [0, 0.05) is 11.4 Å². The van der Waals surface area contributed by atoms with Crippen LogP contribution in [0.1, 0.15) is 6.92 Å². The number of amides is 1. The Bertz CT molecular complexity index is 1070. The molecule has 0 unspecified atom stereocenters. The van der Waals surface area contributed by atoms with E-state index in [2.05, 4.69) is 16.4 Å². The van der Waals surface area contributed by atoms with Crippen LogP contribution in [-0.4, -0.2) is 27.0 Å². The molecule has 0 aliphatic heterocycles. The van der Waals surface area contributed by atoms with E-state index < -0.39 is 0 Å². The molecular formula is C18H16N4O2S3. The van der Waals surface area contributed by atoms with Crippen molar-refractivity contribution < 1.29 is 4.79 Å². The summed E-state index contributed by atoms with van der Waals surface area (Å²) in [5.41, 5.74) is 1.27. The van der Waals surface area contributed by atoms with Gasteiger partial charge in [0.2, 0.25) is 5.91 Å². The van der Waals surface area contributed by atoms with Crippen LogP contribution < -0.4 is 10.9 Å². The van der Waals surface area contributed by atoms with Gasteiger partial charge in [-0.3, -0.25) is 14.2 Å². The fourth-order valence-corrected chi connectivity index (χ4v) is 4.75. The summed E-state index contributed by atoms with van der Waals surface area (Å²) in [6, 6.07) is 11.3. The summed E-state index contributed by atoms with van der Waals surface area (Å²) in [5.74, 6) is 0.265. The van der Waals surface area contributed by atoms with E-state index in [1.807, 2.05) is 36.6 Å². The first-order valence-electron chi connectivity index (χ1n) is 8.13. The molecule has 0 aliphatic rings. The van der Waals surface area contributed by atoms with Crippen LogP contribution in [0.4, 0.5) is 5.69 Å². The fourth-order valence-electron chi connectivity index (χ4n) is 2.43. The van der Waals surface area contributed by atoms with Crippen molar-refractivity contribution in [3.05, 3.63) is 46.1 Å². The predicted octanol–water partition coefficient (Wildman–Crippen LogP) is 3.82. The van der Waals surface area contributed by atoms with Gasteiger partial charge in [0.05, 0.1) is 28.8 Å². The third-order valence-corrected chi connectivity index (χ3v) is 6.44. The van der Waals surface area contributed by atoms with Crippen molar-refractivity contribution in [1.82, 2.24) is 9.55 Å². The Morgan fingerprint density at radius 1 is 1.33 bits per heavy atom. The lowest BCUT2D eigenvalue weighted by Crippen LogP contribution is -2.22. The van der Waals surface area contributed by atoms with Gasteiger partial charge in [-0.15, -0.1) is 23.1 Å². The number of thioether (sulfide) groups is 2. The number of fused-ring (bicyclic) bond motifs is 1. The number of anilines is 1. The minimum absolute atomic E-state index is 0.0707. The molecule has 0 aliphatic carbocycles. The van der Waals surface area contributed by atoms with Crippen LogP contribution in [0.5, 0.6) is 0 Å². The molecule has 0 saturated heterocycles. The maximum absolute atomic E-state index is 12.5. The molecule has 1 amide bonds. The van der Waals surface area contributed by atoms with E-state index in [0.717, 1.165) is 4.90 Å². The van der Waals surface area contributed by atoms with Crippen molar-refractivity contribution in [2.75, 3.05) is 16.8 Å². The standard InChI is InChI=1S/C18H16N4O2S3/c1-2-22-17(24)16-13(7-9-26-16)21-18(22)27-11-15(23)20-12-5-3-4-6-14(12)25-10-8-19/h3-7,9H,2,10-11H2,1H3,(H,20,23). The molecule has 0 fully saturated rings. The SMILES string of the molecule is CCn1c(SCC(=O)Nc2ccccc2SCC#N)nc2ccsc2c1=O. The number of aromatic nitrogens is 2. The number of rotatable bonds is 7. The Kier molecular flexibility index (Phi) is 6.55. The average Bonchev–Trinajstić information content (AvgIpc) is 3.15. The highest BCUT2D eigenvalue weighted by Crippen LogP contribution is 2.27. The smallest absolute Gasteiger partial charge is 0.272 e. The van der Waals surface area contributed by atoms with Crippen LogP contribution in [0.2, 0.25) is 0 Å². The van der Waals surface area contributed by atoms with Crippen LogP contribution in [-0.2, 0) is 11.3 Å². The fraction of sp³-hybridized carbons (Fsp3) is 0.222. The molecule has 2 aromatic heterocycles. The molecule has 2 heterocycles. The van der Waals surface area contributed by atoms with E-state index in [0.29, 0.717) is 33.4 Å². The lowest BCUT2D eigenvalue weighted by atomic mass is 10.3. The number of nitriles is 1. The number of hydrogen-bond donors (Lipinski definition) is 1. The lowest BCUT2D eigenvalue weighted by Gasteiger charge is -2.11. The highest BCUT2D eigenvalue weighted by Gasteiger charge is 2.14. The molecule has 3 aromatic rings. The summed E-state index contributed by atoms with van der Waals surface area (Å²) in [4.78, 5) is 30.3. The van der Waals surface area contributed by atoms with Gasteiger partial charge in [-0.2, -0.15) is 5.26 Å². The number of hydrogen-bond acceptors (Lipinski definition) is 7. The van der Waals surface area contributed by atoms with E-state index in [1.54, 1.807) is 10.6 Å². The Hall–Kier alpha value is -2.28. The topological polar surface area (TPSA) is 87.8 Å². The molecule has 3 rings (SSSR count). The number of carbonyl (C=O) groups is 1. The second kappa shape index (κ2) is 9.08. The minimum atomic E-state index is -0.188. The van der Waals surface area contributed by atoms with E-state index >= 15 is 0 Å². The first-order chi connectivity index (χ1) is 13.1. The number of carbonyl (C=O) groups excluding carboxylic acids is 1. The summed E-state index contributed by atoms with van der Waals surface area (Å²) in [6.07, 6.45) is 0. The molecule has 0 bridgehead atoms. The Labute approximate surface area is 168 Å². The van der Waals surface area contributed by atoms with Gasteiger partial charge in [-0.1, -0.05) is 23.9 Å².